The van der Waals surface area contributed by atoms with Gasteiger partial charge in [-0.05, 0) is 44.2 Å². The Morgan fingerprint density at radius 3 is 2.41 bits per heavy atom. The zero-order chi connectivity index (χ0) is 20.8. The molecule has 0 spiro atoms. The van der Waals surface area contributed by atoms with Crippen molar-refractivity contribution in [3.8, 4) is 5.75 Å². The highest BCUT2D eigenvalue weighted by atomic mass is 16.5. The van der Waals surface area contributed by atoms with Crippen molar-refractivity contribution in [2.75, 3.05) is 23.8 Å². The number of fused-ring (bicyclic) bond motifs is 2. The van der Waals surface area contributed by atoms with Gasteiger partial charge in [0.25, 0.3) is 11.8 Å². The van der Waals surface area contributed by atoms with Crippen molar-refractivity contribution in [1.82, 2.24) is 4.90 Å². The summed E-state index contributed by atoms with van der Waals surface area (Å²) in [5.74, 6) is -1.20. The van der Waals surface area contributed by atoms with Crippen LogP contribution in [-0.2, 0) is 9.59 Å². The second-order valence-corrected chi connectivity index (χ2v) is 7.63. The molecule has 2 aromatic carbocycles. The first-order valence-corrected chi connectivity index (χ1v) is 9.10. The molecule has 0 atom stereocenters. The van der Waals surface area contributed by atoms with Crippen molar-refractivity contribution < 1.29 is 23.9 Å². The fourth-order valence-electron chi connectivity index (χ4n) is 3.17. The van der Waals surface area contributed by atoms with E-state index in [1.54, 1.807) is 56.3 Å². The van der Waals surface area contributed by atoms with Crippen LogP contribution in [0.1, 0.15) is 34.6 Å². The van der Waals surface area contributed by atoms with Gasteiger partial charge in [0.15, 0.2) is 0 Å². The summed E-state index contributed by atoms with van der Waals surface area (Å²) in [6.45, 7) is 3.38. The maximum Gasteiger partial charge on any atom is 0.262 e. The minimum absolute atomic E-state index is 0.189. The summed E-state index contributed by atoms with van der Waals surface area (Å²) < 4.78 is 5.67. The van der Waals surface area contributed by atoms with Gasteiger partial charge in [-0.2, -0.15) is 0 Å². The Kier molecular flexibility index (Phi) is 4.34. The molecule has 0 radical (unpaired) electrons. The lowest BCUT2D eigenvalue weighted by Gasteiger charge is -2.18. The van der Waals surface area contributed by atoms with Crippen LogP contribution in [0.15, 0.2) is 42.5 Å². The van der Waals surface area contributed by atoms with Crippen LogP contribution in [0.2, 0.25) is 0 Å². The number of nitrogens with zero attached hydrogens (tertiary/aromatic N) is 1. The molecule has 2 aromatic rings. The third kappa shape index (κ3) is 3.33. The van der Waals surface area contributed by atoms with E-state index >= 15 is 0 Å². The molecule has 2 heterocycles. The van der Waals surface area contributed by atoms with E-state index in [1.165, 1.54) is 0 Å². The Labute approximate surface area is 166 Å². The highest BCUT2D eigenvalue weighted by Gasteiger charge is 2.36. The molecule has 2 N–H and O–H groups in total. The fourth-order valence-corrected chi connectivity index (χ4v) is 3.17. The number of carbonyl (C=O) groups is 4. The van der Waals surface area contributed by atoms with Gasteiger partial charge in [-0.1, -0.05) is 12.1 Å². The predicted octanol–water partition coefficient (Wildman–Crippen LogP) is 2.28. The van der Waals surface area contributed by atoms with Gasteiger partial charge in [-0.15, -0.1) is 0 Å². The second-order valence-electron chi connectivity index (χ2n) is 7.63. The number of carbonyl (C=O) groups excluding carboxylic acids is 4. The molecule has 0 aliphatic carbocycles. The molecule has 8 heteroatoms. The summed E-state index contributed by atoms with van der Waals surface area (Å²) >= 11 is 0. The molecule has 2 aliphatic heterocycles. The molecular formula is C21H19N3O5. The van der Waals surface area contributed by atoms with Gasteiger partial charge in [0.2, 0.25) is 11.8 Å². The van der Waals surface area contributed by atoms with Crippen molar-refractivity contribution in [3.05, 3.63) is 53.6 Å². The molecule has 148 valence electrons. The molecule has 0 fully saturated rings. The van der Waals surface area contributed by atoms with Gasteiger partial charge in [0, 0.05) is 5.69 Å². The largest absolute Gasteiger partial charge is 0.490 e. The van der Waals surface area contributed by atoms with E-state index in [9.17, 15) is 19.2 Å². The summed E-state index contributed by atoms with van der Waals surface area (Å²) in [5.41, 5.74) is 0.747. The Morgan fingerprint density at radius 2 is 1.76 bits per heavy atom. The predicted molar refractivity (Wildman–Crippen MR) is 105 cm³/mol. The second kappa shape index (κ2) is 6.73. The van der Waals surface area contributed by atoms with Crippen LogP contribution in [0.3, 0.4) is 0 Å². The van der Waals surface area contributed by atoms with Gasteiger partial charge < -0.3 is 15.4 Å². The quantitative estimate of drug-likeness (QED) is 0.779. The number of imide groups is 1. The summed E-state index contributed by atoms with van der Waals surface area (Å²) in [6.07, 6.45) is 0. The minimum atomic E-state index is -0.687. The van der Waals surface area contributed by atoms with Gasteiger partial charge in [-0.25, -0.2) is 0 Å². The van der Waals surface area contributed by atoms with Crippen molar-refractivity contribution in [3.63, 3.8) is 0 Å². The van der Waals surface area contributed by atoms with E-state index in [-0.39, 0.29) is 23.6 Å². The van der Waals surface area contributed by atoms with Crippen molar-refractivity contribution >= 4 is 35.0 Å². The third-order valence-corrected chi connectivity index (χ3v) is 4.89. The lowest BCUT2D eigenvalue weighted by molar-refractivity contribution is -0.125. The molecule has 8 nitrogen and oxygen atoms in total. The molecule has 4 rings (SSSR count). The Bertz CT molecular complexity index is 1030. The maximum absolute atomic E-state index is 12.4. The molecule has 0 saturated heterocycles. The Balaban J connectivity index is 1.47. The Hall–Kier alpha value is -3.68. The van der Waals surface area contributed by atoms with Crippen LogP contribution in [0.25, 0.3) is 0 Å². The van der Waals surface area contributed by atoms with Crippen molar-refractivity contribution in [1.29, 1.82) is 0 Å². The average Bonchev–Trinajstić information content (AvgIpc) is 2.85. The standard InChI is InChI=1S/C21H19N3O5/c1-21(2)11-29-16-8-7-12(9-15(16)23-20(21)28)22-17(25)10-24-18(26)13-5-3-4-6-14(13)19(24)27/h3-9H,10-11H2,1-2H3,(H,22,25)(H,23,28). The highest BCUT2D eigenvalue weighted by molar-refractivity contribution is 6.22. The van der Waals surface area contributed by atoms with Crippen LogP contribution in [0, 0.1) is 5.41 Å². The number of anilines is 2. The topological polar surface area (TPSA) is 105 Å². The van der Waals surface area contributed by atoms with Gasteiger partial charge in [0.05, 0.1) is 22.2 Å². The van der Waals surface area contributed by atoms with Crippen molar-refractivity contribution in [2.45, 2.75) is 13.8 Å². The number of nitrogens with one attached hydrogen (secondary N) is 2. The smallest absolute Gasteiger partial charge is 0.262 e. The third-order valence-electron chi connectivity index (χ3n) is 4.89. The molecule has 29 heavy (non-hydrogen) atoms. The summed E-state index contributed by atoms with van der Waals surface area (Å²) in [5, 5.41) is 5.44. The van der Waals surface area contributed by atoms with E-state index in [4.69, 9.17) is 4.74 Å². The zero-order valence-electron chi connectivity index (χ0n) is 15.9. The number of amides is 4. The number of hydrogen-bond acceptors (Lipinski definition) is 5. The van der Waals surface area contributed by atoms with Crippen LogP contribution in [0.5, 0.6) is 5.75 Å². The van der Waals surface area contributed by atoms with E-state index in [2.05, 4.69) is 10.6 Å². The zero-order valence-corrected chi connectivity index (χ0v) is 15.9. The molecule has 0 bridgehead atoms. The average molecular weight is 393 g/mol. The number of ether oxygens (including phenoxy) is 1. The van der Waals surface area contributed by atoms with E-state index < -0.39 is 29.7 Å². The molecule has 0 saturated carbocycles. The summed E-state index contributed by atoms with van der Waals surface area (Å²) in [4.78, 5) is 50.4. The Morgan fingerprint density at radius 1 is 1.10 bits per heavy atom. The molecule has 4 amide bonds. The van der Waals surface area contributed by atoms with Crippen LogP contribution < -0.4 is 15.4 Å². The first kappa shape index (κ1) is 18.7. The highest BCUT2D eigenvalue weighted by Crippen LogP contribution is 2.34. The first-order chi connectivity index (χ1) is 13.8. The van der Waals surface area contributed by atoms with Gasteiger partial charge >= 0.3 is 0 Å². The first-order valence-electron chi connectivity index (χ1n) is 9.10. The van der Waals surface area contributed by atoms with Crippen LogP contribution in [0.4, 0.5) is 11.4 Å². The summed E-state index contributed by atoms with van der Waals surface area (Å²) in [7, 11) is 0. The van der Waals surface area contributed by atoms with Crippen LogP contribution in [-0.4, -0.2) is 41.7 Å². The molecule has 0 unspecified atom stereocenters. The lowest BCUT2D eigenvalue weighted by atomic mass is 9.94. The normalized spacial score (nSPS) is 17.0. The maximum atomic E-state index is 12.4. The number of rotatable bonds is 3. The lowest BCUT2D eigenvalue weighted by Crippen LogP contribution is -2.37. The molecular weight excluding hydrogens is 374 g/mol. The van der Waals surface area contributed by atoms with E-state index in [0.717, 1.165) is 4.90 Å². The molecule has 0 aromatic heterocycles. The van der Waals surface area contributed by atoms with E-state index in [0.29, 0.717) is 17.1 Å². The minimum Gasteiger partial charge on any atom is -0.490 e. The van der Waals surface area contributed by atoms with Gasteiger partial charge in [-0.3, -0.25) is 24.1 Å². The number of hydrogen-bond donors (Lipinski definition) is 2. The van der Waals surface area contributed by atoms with Crippen molar-refractivity contribution in [2.24, 2.45) is 5.41 Å². The van der Waals surface area contributed by atoms with E-state index in [1.807, 2.05) is 0 Å². The fraction of sp³-hybridized carbons (Fsp3) is 0.238. The number of benzene rings is 2. The van der Waals surface area contributed by atoms with Gasteiger partial charge in [0.1, 0.15) is 18.9 Å². The van der Waals surface area contributed by atoms with Crippen LogP contribution >= 0.6 is 0 Å². The molecule has 2 aliphatic rings. The summed E-state index contributed by atoms with van der Waals surface area (Å²) in [6, 6.07) is 11.3. The monoisotopic (exact) mass is 393 g/mol. The SMILES string of the molecule is CC1(C)COc2ccc(NC(=O)CN3C(=O)c4ccccc4C3=O)cc2NC1=O.